The highest BCUT2D eigenvalue weighted by molar-refractivity contribution is 7.17. The SMILES string of the molecule is COC(=O)c1c(NC(=O)C=Cc2ccc(Cl)cc2)sc2c1CCCC2. The minimum Gasteiger partial charge on any atom is -0.465 e. The Kier molecular flexibility index (Phi) is 5.56. The smallest absolute Gasteiger partial charge is 0.341 e. The van der Waals surface area contributed by atoms with E-state index in [4.69, 9.17) is 16.3 Å². The number of halogens is 1. The number of amides is 1. The number of carbonyl (C=O) groups is 2. The molecule has 2 aromatic rings. The van der Waals surface area contributed by atoms with Gasteiger partial charge in [-0.25, -0.2) is 4.79 Å². The molecular formula is C19H18ClNO3S. The van der Waals surface area contributed by atoms with Gasteiger partial charge in [-0.3, -0.25) is 4.79 Å². The Balaban J connectivity index is 1.79. The average Bonchev–Trinajstić information content (AvgIpc) is 2.98. The molecule has 0 saturated heterocycles. The molecule has 1 aromatic heterocycles. The van der Waals surface area contributed by atoms with E-state index in [1.54, 1.807) is 18.2 Å². The van der Waals surface area contributed by atoms with E-state index < -0.39 is 5.97 Å². The number of benzene rings is 1. The zero-order valence-corrected chi connectivity index (χ0v) is 15.4. The standard InChI is InChI=1S/C19H18ClNO3S/c1-24-19(23)17-14-4-2-3-5-15(14)25-18(17)21-16(22)11-8-12-6-9-13(20)10-7-12/h6-11H,2-5H2,1H3,(H,21,22). The molecule has 1 aromatic carbocycles. The largest absolute Gasteiger partial charge is 0.465 e. The highest BCUT2D eigenvalue weighted by Crippen LogP contribution is 2.38. The van der Waals surface area contributed by atoms with E-state index >= 15 is 0 Å². The highest BCUT2D eigenvalue weighted by Gasteiger charge is 2.26. The Morgan fingerprint density at radius 2 is 1.92 bits per heavy atom. The van der Waals surface area contributed by atoms with Crippen molar-refractivity contribution in [2.45, 2.75) is 25.7 Å². The number of ether oxygens (including phenoxy) is 1. The molecule has 6 heteroatoms. The van der Waals surface area contributed by atoms with E-state index in [9.17, 15) is 9.59 Å². The monoisotopic (exact) mass is 375 g/mol. The number of fused-ring (bicyclic) bond motifs is 1. The molecule has 0 saturated carbocycles. The first kappa shape index (κ1) is 17.7. The Hall–Kier alpha value is -2.11. The highest BCUT2D eigenvalue weighted by atomic mass is 35.5. The molecule has 1 aliphatic carbocycles. The van der Waals surface area contributed by atoms with E-state index in [0.717, 1.165) is 36.8 Å². The van der Waals surface area contributed by atoms with Gasteiger partial charge in [0, 0.05) is 16.0 Å². The van der Waals surface area contributed by atoms with Gasteiger partial charge in [-0.2, -0.15) is 0 Å². The lowest BCUT2D eigenvalue weighted by atomic mass is 9.95. The van der Waals surface area contributed by atoms with Crippen LogP contribution >= 0.6 is 22.9 Å². The van der Waals surface area contributed by atoms with Crippen LogP contribution in [0.1, 0.15) is 39.2 Å². The maximum atomic E-state index is 12.3. The summed E-state index contributed by atoms with van der Waals surface area (Å²) < 4.78 is 4.91. The predicted molar refractivity (Wildman–Crippen MR) is 101 cm³/mol. The molecule has 0 fully saturated rings. The van der Waals surface area contributed by atoms with Crippen LogP contribution in [-0.2, 0) is 22.4 Å². The van der Waals surface area contributed by atoms with Crippen LogP contribution in [0.3, 0.4) is 0 Å². The number of hydrogen-bond donors (Lipinski definition) is 1. The van der Waals surface area contributed by atoms with Crippen molar-refractivity contribution in [2.24, 2.45) is 0 Å². The van der Waals surface area contributed by atoms with Crippen molar-refractivity contribution < 1.29 is 14.3 Å². The molecule has 1 aliphatic rings. The maximum absolute atomic E-state index is 12.3. The van der Waals surface area contributed by atoms with E-state index in [1.807, 2.05) is 12.1 Å². The van der Waals surface area contributed by atoms with Crippen LogP contribution in [0.4, 0.5) is 5.00 Å². The number of hydrogen-bond acceptors (Lipinski definition) is 4. The Morgan fingerprint density at radius 1 is 1.20 bits per heavy atom. The fourth-order valence-electron chi connectivity index (χ4n) is 2.87. The zero-order valence-electron chi connectivity index (χ0n) is 13.8. The van der Waals surface area contributed by atoms with E-state index in [0.29, 0.717) is 15.6 Å². The maximum Gasteiger partial charge on any atom is 0.341 e. The summed E-state index contributed by atoms with van der Waals surface area (Å²) in [5.41, 5.74) is 2.41. The second-order valence-electron chi connectivity index (χ2n) is 5.78. The summed E-state index contributed by atoms with van der Waals surface area (Å²) in [5, 5.41) is 4.05. The lowest BCUT2D eigenvalue weighted by Crippen LogP contribution is -2.13. The number of esters is 1. The minimum absolute atomic E-state index is 0.279. The number of anilines is 1. The van der Waals surface area contributed by atoms with Crippen molar-refractivity contribution in [3.05, 3.63) is 56.9 Å². The van der Waals surface area contributed by atoms with Gasteiger partial charge >= 0.3 is 5.97 Å². The Morgan fingerprint density at radius 3 is 2.64 bits per heavy atom. The molecule has 1 heterocycles. The molecule has 0 unspecified atom stereocenters. The molecule has 0 radical (unpaired) electrons. The Bertz CT molecular complexity index is 824. The summed E-state index contributed by atoms with van der Waals surface area (Å²) in [6, 6.07) is 7.19. The normalized spacial score (nSPS) is 13.5. The number of aryl methyl sites for hydroxylation is 1. The summed E-state index contributed by atoms with van der Waals surface area (Å²) in [6.45, 7) is 0. The molecule has 25 heavy (non-hydrogen) atoms. The first-order chi connectivity index (χ1) is 12.1. The van der Waals surface area contributed by atoms with Crippen LogP contribution in [0.15, 0.2) is 30.3 Å². The second kappa shape index (κ2) is 7.85. The fraction of sp³-hybridized carbons (Fsp3) is 0.263. The van der Waals surface area contributed by atoms with E-state index in [-0.39, 0.29) is 5.91 Å². The van der Waals surface area contributed by atoms with Crippen molar-refractivity contribution in [1.82, 2.24) is 0 Å². The number of methoxy groups -OCH3 is 1. The lowest BCUT2D eigenvalue weighted by molar-refractivity contribution is -0.111. The predicted octanol–water partition coefficient (Wildman–Crippen LogP) is 4.72. The van der Waals surface area contributed by atoms with Gasteiger partial charge in [0.05, 0.1) is 12.7 Å². The van der Waals surface area contributed by atoms with E-state index in [2.05, 4.69) is 5.32 Å². The summed E-state index contributed by atoms with van der Waals surface area (Å²) in [5.74, 6) is -0.671. The molecule has 4 nitrogen and oxygen atoms in total. The average molecular weight is 376 g/mol. The summed E-state index contributed by atoms with van der Waals surface area (Å²) >= 11 is 7.32. The van der Waals surface area contributed by atoms with Crippen LogP contribution in [0.5, 0.6) is 0 Å². The molecule has 1 amide bonds. The van der Waals surface area contributed by atoms with Gasteiger partial charge in [-0.1, -0.05) is 23.7 Å². The number of nitrogens with one attached hydrogen (secondary N) is 1. The molecule has 0 aliphatic heterocycles. The van der Waals surface area contributed by atoms with E-state index in [1.165, 1.54) is 29.4 Å². The van der Waals surface area contributed by atoms with Crippen LogP contribution in [0.25, 0.3) is 6.08 Å². The van der Waals surface area contributed by atoms with Crippen molar-refractivity contribution in [3.8, 4) is 0 Å². The molecule has 1 N–H and O–H groups in total. The summed E-state index contributed by atoms with van der Waals surface area (Å²) in [6.07, 6.45) is 7.11. The van der Waals surface area contributed by atoms with Gasteiger partial charge in [-0.15, -0.1) is 11.3 Å². The number of carbonyl (C=O) groups excluding carboxylic acids is 2. The quantitative estimate of drug-likeness (QED) is 0.621. The minimum atomic E-state index is -0.392. The third-order valence-electron chi connectivity index (χ3n) is 4.09. The topological polar surface area (TPSA) is 55.4 Å². The Labute approximate surface area is 155 Å². The van der Waals surface area contributed by atoms with Gasteiger partial charge in [0.15, 0.2) is 0 Å². The molecular weight excluding hydrogens is 358 g/mol. The third-order valence-corrected chi connectivity index (χ3v) is 5.55. The van der Waals surface area contributed by atoms with Crippen molar-refractivity contribution >= 4 is 45.9 Å². The zero-order chi connectivity index (χ0) is 17.8. The van der Waals surface area contributed by atoms with Crippen LogP contribution < -0.4 is 5.32 Å². The lowest BCUT2D eigenvalue weighted by Gasteiger charge is -2.11. The van der Waals surface area contributed by atoms with Crippen molar-refractivity contribution in [3.63, 3.8) is 0 Å². The van der Waals surface area contributed by atoms with Gasteiger partial charge in [-0.05, 0) is 55.0 Å². The molecule has 130 valence electrons. The summed E-state index contributed by atoms with van der Waals surface area (Å²) in [7, 11) is 1.36. The van der Waals surface area contributed by atoms with Crippen LogP contribution in [0, 0.1) is 0 Å². The second-order valence-corrected chi connectivity index (χ2v) is 7.32. The van der Waals surface area contributed by atoms with Gasteiger partial charge < -0.3 is 10.1 Å². The third kappa shape index (κ3) is 4.11. The molecule has 0 spiro atoms. The molecule has 3 rings (SSSR count). The van der Waals surface area contributed by atoms with Crippen molar-refractivity contribution in [2.75, 3.05) is 12.4 Å². The van der Waals surface area contributed by atoms with Crippen molar-refractivity contribution in [1.29, 1.82) is 0 Å². The van der Waals surface area contributed by atoms with Gasteiger partial charge in [0.25, 0.3) is 0 Å². The van der Waals surface area contributed by atoms with Gasteiger partial charge in [0.2, 0.25) is 5.91 Å². The van der Waals surface area contributed by atoms with Crippen LogP contribution in [-0.4, -0.2) is 19.0 Å². The van der Waals surface area contributed by atoms with Gasteiger partial charge in [0.1, 0.15) is 5.00 Å². The first-order valence-corrected chi connectivity index (χ1v) is 9.25. The van der Waals surface area contributed by atoms with Crippen LogP contribution in [0.2, 0.25) is 5.02 Å². The number of thiophene rings is 1. The summed E-state index contributed by atoms with van der Waals surface area (Å²) in [4.78, 5) is 25.6. The molecule has 0 bridgehead atoms. The fourth-order valence-corrected chi connectivity index (χ4v) is 4.28. The first-order valence-electron chi connectivity index (χ1n) is 8.06. The molecule has 0 atom stereocenters. The number of rotatable bonds is 4.